The molecule has 20 heavy (non-hydrogen) atoms. The highest BCUT2D eigenvalue weighted by Crippen LogP contribution is 2.19. The van der Waals surface area contributed by atoms with Gasteiger partial charge in [0, 0.05) is 13.5 Å². The van der Waals surface area contributed by atoms with E-state index in [1.807, 2.05) is 42.5 Å². The molecule has 2 nitrogen and oxygen atoms in total. The first-order valence-electron chi connectivity index (χ1n) is 6.93. The standard InChI is InChI=1S/C18H20O2/c1-3-14-9-11-15(12-10-14)13-17(19)18(20-2)16-7-5-4-6-8-16/h4-12,18H,3,13H2,1-2H3. The Labute approximate surface area is 120 Å². The summed E-state index contributed by atoms with van der Waals surface area (Å²) in [6.45, 7) is 2.12. The van der Waals surface area contributed by atoms with E-state index < -0.39 is 6.10 Å². The average Bonchev–Trinajstić information content (AvgIpc) is 2.50. The molecule has 1 atom stereocenters. The fourth-order valence-corrected chi connectivity index (χ4v) is 2.27. The fourth-order valence-electron chi connectivity index (χ4n) is 2.27. The highest BCUT2D eigenvalue weighted by atomic mass is 16.5. The minimum atomic E-state index is -0.484. The summed E-state index contributed by atoms with van der Waals surface area (Å²) < 4.78 is 5.37. The second-order valence-electron chi connectivity index (χ2n) is 4.84. The van der Waals surface area contributed by atoms with Gasteiger partial charge >= 0.3 is 0 Å². The number of hydrogen-bond donors (Lipinski definition) is 0. The van der Waals surface area contributed by atoms with Gasteiger partial charge in [0.2, 0.25) is 0 Å². The van der Waals surface area contributed by atoms with Crippen molar-refractivity contribution in [1.82, 2.24) is 0 Å². The number of benzene rings is 2. The molecular formula is C18H20O2. The van der Waals surface area contributed by atoms with Crippen molar-refractivity contribution in [3.63, 3.8) is 0 Å². The van der Waals surface area contributed by atoms with E-state index in [2.05, 4.69) is 19.1 Å². The number of hydrogen-bond acceptors (Lipinski definition) is 2. The lowest BCUT2D eigenvalue weighted by Gasteiger charge is -2.14. The van der Waals surface area contributed by atoms with Crippen molar-refractivity contribution in [3.05, 3.63) is 71.3 Å². The van der Waals surface area contributed by atoms with Gasteiger partial charge in [-0.2, -0.15) is 0 Å². The van der Waals surface area contributed by atoms with Crippen LogP contribution in [0.15, 0.2) is 54.6 Å². The molecule has 0 fully saturated rings. The van der Waals surface area contributed by atoms with Crippen LogP contribution in [-0.4, -0.2) is 12.9 Å². The molecule has 0 saturated heterocycles. The number of ketones is 1. The molecule has 0 amide bonds. The maximum atomic E-state index is 12.4. The van der Waals surface area contributed by atoms with E-state index >= 15 is 0 Å². The summed E-state index contributed by atoms with van der Waals surface area (Å²) in [4.78, 5) is 12.4. The summed E-state index contributed by atoms with van der Waals surface area (Å²) in [5.41, 5.74) is 3.22. The third-order valence-corrected chi connectivity index (χ3v) is 3.44. The Morgan fingerprint density at radius 3 is 2.15 bits per heavy atom. The number of aryl methyl sites for hydroxylation is 1. The smallest absolute Gasteiger partial charge is 0.170 e. The van der Waals surface area contributed by atoms with Crippen LogP contribution >= 0.6 is 0 Å². The quantitative estimate of drug-likeness (QED) is 0.797. The van der Waals surface area contributed by atoms with Crippen molar-refractivity contribution in [2.75, 3.05) is 7.11 Å². The molecule has 0 saturated carbocycles. The zero-order chi connectivity index (χ0) is 14.4. The molecule has 0 N–H and O–H groups in total. The van der Waals surface area contributed by atoms with Crippen molar-refractivity contribution >= 4 is 5.78 Å². The van der Waals surface area contributed by atoms with Gasteiger partial charge in [0.1, 0.15) is 6.10 Å². The molecule has 0 aliphatic heterocycles. The maximum Gasteiger partial charge on any atom is 0.170 e. The Morgan fingerprint density at radius 2 is 1.60 bits per heavy atom. The zero-order valence-corrected chi connectivity index (χ0v) is 12.0. The second-order valence-corrected chi connectivity index (χ2v) is 4.84. The van der Waals surface area contributed by atoms with Crippen LogP contribution in [0.5, 0.6) is 0 Å². The van der Waals surface area contributed by atoms with E-state index in [9.17, 15) is 4.79 Å². The average molecular weight is 268 g/mol. The summed E-state index contributed by atoms with van der Waals surface area (Å²) in [6, 6.07) is 17.8. The van der Waals surface area contributed by atoms with Crippen LogP contribution in [0, 0.1) is 0 Å². The monoisotopic (exact) mass is 268 g/mol. The van der Waals surface area contributed by atoms with Crippen molar-refractivity contribution in [1.29, 1.82) is 0 Å². The third kappa shape index (κ3) is 3.55. The number of methoxy groups -OCH3 is 1. The van der Waals surface area contributed by atoms with Crippen LogP contribution in [0.3, 0.4) is 0 Å². The van der Waals surface area contributed by atoms with Gasteiger partial charge in [-0.25, -0.2) is 0 Å². The van der Waals surface area contributed by atoms with E-state index in [0.29, 0.717) is 6.42 Å². The molecule has 0 spiro atoms. The van der Waals surface area contributed by atoms with Gasteiger partial charge in [-0.15, -0.1) is 0 Å². The number of carbonyl (C=O) groups excluding carboxylic acids is 1. The van der Waals surface area contributed by atoms with E-state index in [0.717, 1.165) is 17.5 Å². The summed E-state index contributed by atoms with van der Waals surface area (Å²) in [5, 5.41) is 0. The maximum absolute atomic E-state index is 12.4. The van der Waals surface area contributed by atoms with Crippen molar-refractivity contribution < 1.29 is 9.53 Å². The van der Waals surface area contributed by atoms with Crippen molar-refractivity contribution in [2.45, 2.75) is 25.9 Å². The first kappa shape index (κ1) is 14.5. The largest absolute Gasteiger partial charge is 0.369 e. The molecule has 0 aliphatic carbocycles. The van der Waals surface area contributed by atoms with E-state index in [-0.39, 0.29) is 5.78 Å². The van der Waals surface area contributed by atoms with Gasteiger partial charge < -0.3 is 4.74 Å². The van der Waals surface area contributed by atoms with Crippen LogP contribution in [0.1, 0.15) is 29.7 Å². The molecular weight excluding hydrogens is 248 g/mol. The van der Waals surface area contributed by atoms with Crippen LogP contribution in [0.2, 0.25) is 0 Å². The molecule has 1 unspecified atom stereocenters. The lowest BCUT2D eigenvalue weighted by molar-refractivity contribution is -0.128. The number of ether oxygens (including phenoxy) is 1. The molecule has 2 aromatic rings. The lowest BCUT2D eigenvalue weighted by Crippen LogP contribution is -2.16. The molecule has 0 aliphatic rings. The van der Waals surface area contributed by atoms with Gasteiger partial charge in [-0.05, 0) is 23.1 Å². The predicted molar refractivity (Wildman–Crippen MR) is 80.7 cm³/mol. The predicted octanol–water partition coefficient (Wildman–Crippen LogP) is 3.75. The molecule has 0 bridgehead atoms. The van der Waals surface area contributed by atoms with Crippen LogP contribution in [0.25, 0.3) is 0 Å². The molecule has 2 aromatic carbocycles. The minimum Gasteiger partial charge on any atom is -0.369 e. The first-order chi connectivity index (χ1) is 9.74. The van der Waals surface area contributed by atoms with E-state index in [4.69, 9.17) is 4.74 Å². The van der Waals surface area contributed by atoms with E-state index in [1.54, 1.807) is 7.11 Å². The lowest BCUT2D eigenvalue weighted by atomic mass is 9.99. The Bertz CT molecular complexity index is 543. The summed E-state index contributed by atoms with van der Waals surface area (Å²) in [5.74, 6) is 0.0861. The Hall–Kier alpha value is -1.93. The molecule has 2 heteroatoms. The van der Waals surface area contributed by atoms with Crippen molar-refractivity contribution in [3.8, 4) is 0 Å². The molecule has 0 radical (unpaired) electrons. The van der Waals surface area contributed by atoms with Gasteiger partial charge in [-0.1, -0.05) is 61.5 Å². The van der Waals surface area contributed by atoms with Crippen LogP contribution in [0.4, 0.5) is 0 Å². The third-order valence-electron chi connectivity index (χ3n) is 3.44. The Kier molecular flexibility index (Phi) is 5.08. The fraction of sp³-hybridized carbons (Fsp3) is 0.278. The topological polar surface area (TPSA) is 26.3 Å². The van der Waals surface area contributed by atoms with Crippen molar-refractivity contribution in [2.24, 2.45) is 0 Å². The highest BCUT2D eigenvalue weighted by molar-refractivity contribution is 5.86. The summed E-state index contributed by atoms with van der Waals surface area (Å²) >= 11 is 0. The number of Topliss-reactive ketones (excluding diaryl/α,β-unsaturated/α-hetero) is 1. The first-order valence-corrected chi connectivity index (χ1v) is 6.93. The minimum absolute atomic E-state index is 0.0861. The van der Waals surface area contributed by atoms with Crippen LogP contribution < -0.4 is 0 Å². The molecule has 104 valence electrons. The normalized spacial score (nSPS) is 12.1. The molecule has 0 heterocycles. The van der Waals surface area contributed by atoms with E-state index in [1.165, 1.54) is 5.56 Å². The number of rotatable bonds is 6. The highest BCUT2D eigenvalue weighted by Gasteiger charge is 2.19. The number of carbonyl (C=O) groups is 1. The Morgan fingerprint density at radius 1 is 1.00 bits per heavy atom. The molecule has 0 aromatic heterocycles. The van der Waals surface area contributed by atoms with Gasteiger partial charge in [0.25, 0.3) is 0 Å². The SMILES string of the molecule is CCc1ccc(CC(=O)C(OC)c2ccccc2)cc1. The molecule has 2 rings (SSSR count). The zero-order valence-electron chi connectivity index (χ0n) is 12.0. The second kappa shape index (κ2) is 7.01. The Balaban J connectivity index is 2.09. The van der Waals surface area contributed by atoms with Gasteiger partial charge in [0.15, 0.2) is 5.78 Å². The van der Waals surface area contributed by atoms with Crippen LogP contribution in [-0.2, 0) is 22.4 Å². The van der Waals surface area contributed by atoms with Gasteiger partial charge in [0.05, 0.1) is 0 Å². The van der Waals surface area contributed by atoms with Gasteiger partial charge in [-0.3, -0.25) is 4.79 Å². The summed E-state index contributed by atoms with van der Waals surface area (Å²) in [6.07, 6.45) is 0.929. The summed E-state index contributed by atoms with van der Waals surface area (Å²) in [7, 11) is 1.58.